The zero-order valence-electron chi connectivity index (χ0n) is 8.06. The maximum atomic E-state index is 8.71. The minimum atomic E-state index is 0.403. The molecule has 1 nitrogen and oxygen atoms in total. The van der Waals surface area contributed by atoms with Crippen LogP contribution in [-0.2, 0) is 0 Å². The van der Waals surface area contributed by atoms with E-state index in [1.807, 2.05) is 13.0 Å². The van der Waals surface area contributed by atoms with Crippen LogP contribution in [0.25, 0.3) is 0 Å². The molecule has 0 N–H and O–H groups in total. The van der Waals surface area contributed by atoms with Gasteiger partial charge in [0.05, 0.1) is 11.6 Å². The lowest BCUT2D eigenvalue weighted by Crippen LogP contribution is -1.94. The molecule has 0 unspecified atom stereocenters. The van der Waals surface area contributed by atoms with E-state index in [0.717, 1.165) is 11.1 Å². The largest absolute Gasteiger partial charge is 0.192 e. The van der Waals surface area contributed by atoms with Crippen molar-refractivity contribution in [2.45, 2.75) is 26.7 Å². The Hall–Kier alpha value is -1.000. The molecule has 1 aromatic rings. The molecule has 0 radical (unpaired) electrons. The summed E-state index contributed by atoms with van der Waals surface area (Å²) in [5, 5.41) is 9.41. The molecule has 0 amide bonds. The van der Waals surface area contributed by atoms with Crippen LogP contribution in [0.1, 0.15) is 36.5 Å². The van der Waals surface area contributed by atoms with Gasteiger partial charge in [-0.05, 0) is 36.1 Å². The number of halogens is 1. The van der Waals surface area contributed by atoms with Gasteiger partial charge in [0.15, 0.2) is 0 Å². The zero-order chi connectivity index (χ0) is 10.0. The molecular weight excluding hydrogens is 182 g/mol. The Morgan fingerprint density at radius 3 is 2.38 bits per heavy atom. The molecule has 0 aliphatic rings. The van der Waals surface area contributed by atoms with Crippen molar-refractivity contribution in [2.24, 2.45) is 0 Å². The second kappa shape index (κ2) is 3.81. The van der Waals surface area contributed by atoms with E-state index in [-0.39, 0.29) is 0 Å². The Kier molecular flexibility index (Phi) is 2.95. The van der Waals surface area contributed by atoms with Gasteiger partial charge < -0.3 is 0 Å². The average molecular weight is 194 g/mol. The molecule has 0 fully saturated rings. The van der Waals surface area contributed by atoms with E-state index in [0.29, 0.717) is 16.5 Å². The summed E-state index contributed by atoms with van der Waals surface area (Å²) >= 11 is 6.06. The monoisotopic (exact) mass is 193 g/mol. The third kappa shape index (κ3) is 2.02. The number of aryl methyl sites for hydroxylation is 1. The Morgan fingerprint density at radius 1 is 1.38 bits per heavy atom. The Labute approximate surface area is 84.0 Å². The van der Waals surface area contributed by atoms with Crippen molar-refractivity contribution >= 4 is 11.6 Å². The summed E-state index contributed by atoms with van der Waals surface area (Å²) in [7, 11) is 0. The Morgan fingerprint density at radius 2 is 2.00 bits per heavy atom. The van der Waals surface area contributed by atoms with Gasteiger partial charge >= 0.3 is 0 Å². The van der Waals surface area contributed by atoms with Crippen LogP contribution in [0.3, 0.4) is 0 Å². The number of nitrogens with zero attached hydrogens (tertiary/aromatic N) is 1. The van der Waals surface area contributed by atoms with Crippen LogP contribution in [0.5, 0.6) is 0 Å². The number of hydrogen-bond acceptors (Lipinski definition) is 1. The summed E-state index contributed by atoms with van der Waals surface area (Å²) < 4.78 is 0. The molecule has 1 aromatic carbocycles. The van der Waals surface area contributed by atoms with Crippen LogP contribution < -0.4 is 0 Å². The smallest absolute Gasteiger partial charge is 0.0992 e. The van der Waals surface area contributed by atoms with Crippen molar-refractivity contribution in [1.29, 1.82) is 5.26 Å². The SMILES string of the molecule is Cc1cc(C#N)cc(Cl)c1C(C)C. The first kappa shape index (κ1) is 10.1. The van der Waals surface area contributed by atoms with E-state index in [1.165, 1.54) is 0 Å². The van der Waals surface area contributed by atoms with Crippen LogP contribution in [0.15, 0.2) is 12.1 Å². The van der Waals surface area contributed by atoms with Crippen LogP contribution in [0.2, 0.25) is 5.02 Å². The van der Waals surface area contributed by atoms with Crippen molar-refractivity contribution in [1.82, 2.24) is 0 Å². The summed E-state index contributed by atoms with van der Waals surface area (Å²) in [4.78, 5) is 0. The van der Waals surface area contributed by atoms with Crippen LogP contribution in [0, 0.1) is 18.3 Å². The first-order chi connectivity index (χ1) is 6.06. The molecule has 2 heteroatoms. The van der Waals surface area contributed by atoms with Gasteiger partial charge in [0.25, 0.3) is 0 Å². The Bertz CT molecular complexity index is 338. The predicted octanol–water partition coefficient (Wildman–Crippen LogP) is 3.64. The second-order valence-corrected chi connectivity index (χ2v) is 3.86. The standard InChI is InChI=1S/C11H12ClN/c1-7(2)11-8(3)4-9(6-13)5-10(11)12/h4-5,7H,1-3H3. The maximum Gasteiger partial charge on any atom is 0.0992 e. The summed E-state index contributed by atoms with van der Waals surface area (Å²) in [6, 6.07) is 5.69. The van der Waals surface area contributed by atoms with E-state index in [2.05, 4.69) is 19.9 Å². The summed E-state index contributed by atoms with van der Waals surface area (Å²) in [6.45, 7) is 6.18. The normalized spacial score (nSPS) is 10.2. The fraction of sp³-hybridized carbons (Fsp3) is 0.364. The third-order valence-corrected chi connectivity index (χ3v) is 2.36. The molecule has 0 atom stereocenters. The lowest BCUT2D eigenvalue weighted by Gasteiger charge is -2.11. The van der Waals surface area contributed by atoms with Crippen molar-refractivity contribution in [3.8, 4) is 6.07 Å². The predicted molar refractivity (Wildman–Crippen MR) is 55.0 cm³/mol. The van der Waals surface area contributed by atoms with Gasteiger partial charge in [0.2, 0.25) is 0 Å². The highest BCUT2D eigenvalue weighted by molar-refractivity contribution is 6.31. The summed E-state index contributed by atoms with van der Waals surface area (Å²) in [5.41, 5.74) is 2.87. The van der Waals surface area contributed by atoms with Crippen molar-refractivity contribution < 1.29 is 0 Å². The van der Waals surface area contributed by atoms with E-state index >= 15 is 0 Å². The number of nitriles is 1. The second-order valence-electron chi connectivity index (χ2n) is 3.46. The van der Waals surface area contributed by atoms with Gasteiger partial charge in [-0.25, -0.2) is 0 Å². The lowest BCUT2D eigenvalue weighted by atomic mass is 9.96. The van der Waals surface area contributed by atoms with Crippen molar-refractivity contribution in [3.05, 3.63) is 33.8 Å². The summed E-state index contributed by atoms with van der Waals surface area (Å²) in [6.07, 6.45) is 0. The number of benzene rings is 1. The molecule has 0 bridgehead atoms. The van der Waals surface area contributed by atoms with Crippen LogP contribution in [-0.4, -0.2) is 0 Å². The van der Waals surface area contributed by atoms with E-state index in [4.69, 9.17) is 16.9 Å². The molecular formula is C11H12ClN. The van der Waals surface area contributed by atoms with Crippen LogP contribution >= 0.6 is 11.6 Å². The topological polar surface area (TPSA) is 23.8 Å². The van der Waals surface area contributed by atoms with Gasteiger partial charge in [-0.2, -0.15) is 5.26 Å². The molecule has 13 heavy (non-hydrogen) atoms. The molecule has 0 heterocycles. The molecule has 0 aliphatic carbocycles. The highest BCUT2D eigenvalue weighted by Crippen LogP contribution is 2.28. The fourth-order valence-corrected chi connectivity index (χ4v) is 2.04. The third-order valence-electron chi connectivity index (χ3n) is 2.04. The molecule has 0 spiro atoms. The quantitative estimate of drug-likeness (QED) is 0.668. The molecule has 0 aromatic heterocycles. The van der Waals surface area contributed by atoms with E-state index < -0.39 is 0 Å². The van der Waals surface area contributed by atoms with Crippen molar-refractivity contribution in [3.63, 3.8) is 0 Å². The molecule has 0 saturated carbocycles. The first-order valence-electron chi connectivity index (χ1n) is 4.26. The van der Waals surface area contributed by atoms with Gasteiger partial charge in [0, 0.05) is 5.02 Å². The Balaban J connectivity index is 3.33. The molecule has 1 rings (SSSR count). The first-order valence-corrected chi connectivity index (χ1v) is 4.64. The number of hydrogen-bond donors (Lipinski definition) is 0. The average Bonchev–Trinajstić information content (AvgIpc) is 2.02. The van der Waals surface area contributed by atoms with E-state index in [9.17, 15) is 0 Å². The minimum Gasteiger partial charge on any atom is -0.192 e. The van der Waals surface area contributed by atoms with Gasteiger partial charge in [-0.1, -0.05) is 25.4 Å². The molecule has 0 aliphatic heterocycles. The number of rotatable bonds is 1. The van der Waals surface area contributed by atoms with Gasteiger partial charge in [0.1, 0.15) is 0 Å². The van der Waals surface area contributed by atoms with Crippen molar-refractivity contribution in [2.75, 3.05) is 0 Å². The molecule has 68 valence electrons. The lowest BCUT2D eigenvalue weighted by molar-refractivity contribution is 0.856. The zero-order valence-corrected chi connectivity index (χ0v) is 8.81. The maximum absolute atomic E-state index is 8.71. The summed E-state index contributed by atoms with van der Waals surface area (Å²) in [5.74, 6) is 0.403. The highest BCUT2D eigenvalue weighted by Gasteiger charge is 2.09. The fourth-order valence-electron chi connectivity index (χ4n) is 1.55. The van der Waals surface area contributed by atoms with Gasteiger partial charge in [-0.3, -0.25) is 0 Å². The van der Waals surface area contributed by atoms with Crippen LogP contribution in [0.4, 0.5) is 0 Å². The molecule has 0 saturated heterocycles. The van der Waals surface area contributed by atoms with E-state index in [1.54, 1.807) is 6.07 Å². The minimum absolute atomic E-state index is 0.403. The highest BCUT2D eigenvalue weighted by atomic mass is 35.5. The van der Waals surface area contributed by atoms with Gasteiger partial charge in [-0.15, -0.1) is 0 Å².